The second-order valence-corrected chi connectivity index (χ2v) is 8.81. The van der Waals surface area contributed by atoms with Crippen molar-refractivity contribution in [1.29, 1.82) is 0 Å². The predicted molar refractivity (Wildman–Crippen MR) is 106 cm³/mol. The number of hydrogen-bond donors (Lipinski definition) is 1. The average Bonchev–Trinajstić information content (AvgIpc) is 3.07. The van der Waals surface area contributed by atoms with Gasteiger partial charge in [0.05, 0.1) is 12.1 Å². The van der Waals surface area contributed by atoms with Crippen molar-refractivity contribution in [3.63, 3.8) is 0 Å². The van der Waals surface area contributed by atoms with Crippen LogP contribution in [0.3, 0.4) is 0 Å². The van der Waals surface area contributed by atoms with Crippen LogP contribution in [0.25, 0.3) is 10.4 Å². The molecule has 1 aliphatic carbocycles. The normalized spacial score (nSPS) is 26.0. The number of aromatic amines is 1. The van der Waals surface area contributed by atoms with E-state index < -0.39 is 36.8 Å². The molecule has 0 bridgehead atoms. The van der Waals surface area contributed by atoms with E-state index in [1.807, 2.05) is 0 Å². The number of rotatable bonds is 7. The lowest BCUT2D eigenvalue weighted by molar-refractivity contribution is -0.0229. The van der Waals surface area contributed by atoms with E-state index in [4.69, 9.17) is 31.1 Å². The standard InChI is InChI=1S/C16H22N5O5PS/c1-10-8-21(16(23)18-15(10)22)14-7-12(19-20-17)13(25-14)9-24-27(28)26-11-5-3-2-4-6-11/h8,11-14H,2-7,9H2,1H3/p+1/t12-,13+,14+/m0/s1. The summed E-state index contributed by atoms with van der Waals surface area (Å²) in [6.45, 7) is 1.71. The van der Waals surface area contributed by atoms with E-state index in [0.29, 0.717) is 12.0 Å². The van der Waals surface area contributed by atoms with E-state index in [2.05, 4.69) is 15.0 Å². The quantitative estimate of drug-likeness (QED) is 0.307. The Hall–Kier alpha value is -1.61. The van der Waals surface area contributed by atoms with Crippen LogP contribution >= 0.6 is 7.15 Å². The van der Waals surface area contributed by atoms with E-state index in [1.165, 1.54) is 17.2 Å². The Morgan fingerprint density at radius 1 is 1.43 bits per heavy atom. The average molecular weight is 428 g/mol. The summed E-state index contributed by atoms with van der Waals surface area (Å²) in [5, 5.41) is 3.76. The maximum atomic E-state index is 12.1. The molecule has 3 rings (SSSR count). The van der Waals surface area contributed by atoms with E-state index in [9.17, 15) is 9.59 Å². The number of ether oxygens (including phenoxy) is 1. The zero-order valence-corrected chi connectivity index (χ0v) is 17.2. The van der Waals surface area contributed by atoms with Crippen LogP contribution in [-0.2, 0) is 25.6 Å². The van der Waals surface area contributed by atoms with Crippen molar-refractivity contribution in [2.75, 3.05) is 6.61 Å². The van der Waals surface area contributed by atoms with Crippen LogP contribution in [0.15, 0.2) is 20.9 Å². The van der Waals surface area contributed by atoms with E-state index in [-0.39, 0.29) is 12.7 Å². The first-order valence-corrected chi connectivity index (χ1v) is 11.5. The van der Waals surface area contributed by atoms with Gasteiger partial charge in [0, 0.05) is 23.1 Å². The molecule has 1 saturated carbocycles. The molecule has 1 aromatic heterocycles. The fourth-order valence-electron chi connectivity index (χ4n) is 3.48. The second kappa shape index (κ2) is 9.73. The third-order valence-electron chi connectivity index (χ3n) is 4.99. The fraction of sp³-hybridized carbons (Fsp3) is 0.750. The summed E-state index contributed by atoms with van der Waals surface area (Å²) in [4.78, 5) is 28.8. The van der Waals surface area contributed by atoms with Gasteiger partial charge in [-0.15, -0.1) is 9.05 Å². The highest BCUT2D eigenvalue weighted by molar-refractivity contribution is 8.00. The first-order valence-electron chi connectivity index (χ1n) is 9.26. The highest BCUT2D eigenvalue weighted by Gasteiger charge is 2.38. The molecule has 28 heavy (non-hydrogen) atoms. The maximum absolute atomic E-state index is 12.1. The van der Waals surface area contributed by atoms with Crippen LogP contribution in [0.2, 0.25) is 0 Å². The number of hydrogen-bond acceptors (Lipinski definition) is 7. The molecule has 152 valence electrons. The molecular formula is C16H23N5O5PS+. The van der Waals surface area contributed by atoms with E-state index in [0.717, 1.165) is 25.7 Å². The summed E-state index contributed by atoms with van der Waals surface area (Å²) < 4.78 is 18.7. The minimum absolute atomic E-state index is 0.110. The van der Waals surface area contributed by atoms with Gasteiger partial charge in [-0.2, -0.15) is 0 Å². The first kappa shape index (κ1) is 21.1. The lowest BCUT2D eigenvalue weighted by Gasteiger charge is -2.17. The SMILES string of the molecule is Cc1cn([C@H]2C[C@H](N=[N+]=[N-])[C@@H](CO[P+](=S)OC3CCCCC3)O2)c(=O)[nH]c1=O. The van der Waals surface area contributed by atoms with Gasteiger partial charge < -0.3 is 4.74 Å². The Morgan fingerprint density at radius 2 is 2.18 bits per heavy atom. The van der Waals surface area contributed by atoms with E-state index in [1.54, 1.807) is 6.92 Å². The Labute approximate surface area is 167 Å². The van der Waals surface area contributed by atoms with Gasteiger partial charge in [0.15, 0.2) is 0 Å². The zero-order valence-electron chi connectivity index (χ0n) is 15.5. The number of azide groups is 1. The molecule has 2 aliphatic rings. The van der Waals surface area contributed by atoms with Crippen LogP contribution in [-0.4, -0.2) is 34.4 Å². The lowest BCUT2D eigenvalue weighted by Crippen LogP contribution is -2.33. The summed E-state index contributed by atoms with van der Waals surface area (Å²) in [7, 11) is -1.48. The topological polar surface area (TPSA) is 131 Å². The van der Waals surface area contributed by atoms with Crippen molar-refractivity contribution >= 4 is 19.0 Å². The van der Waals surface area contributed by atoms with Crippen LogP contribution in [0, 0.1) is 6.92 Å². The number of nitrogens with one attached hydrogen (secondary N) is 1. The summed E-state index contributed by atoms with van der Waals surface area (Å²) >= 11 is 5.30. The number of aromatic nitrogens is 2. The molecule has 1 aliphatic heterocycles. The molecule has 4 atom stereocenters. The molecular weight excluding hydrogens is 405 g/mol. The third-order valence-corrected chi connectivity index (χ3v) is 6.40. The van der Waals surface area contributed by atoms with Crippen molar-refractivity contribution in [2.45, 2.75) is 69.9 Å². The zero-order chi connectivity index (χ0) is 20.1. The van der Waals surface area contributed by atoms with Crippen molar-refractivity contribution in [2.24, 2.45) is 5.11 Å². The number of H-pyrrole nitrogens is 1. The van der Waals surface area contributed by atoms with Crippen LogP contribution < -0.4 is 11.2 Å². The van der Waals surface area contributed by atoms with Crippen LogP contribution in [0.5, 0.6) is 0 Å². The van der Waals surface area contributed by atoms with Gasteiger partial charge in [0.1, 0.15) is 18.9 Å². The molecule has 12 heteroatoms. The second-order valence-electron chi connectivity index (χ2n) is 7.00. The van der Waals surface area contributed by atoms with Gasteiger partial charge in [-0.05, 0) is 25.3 Å². The number of nitrogens with zero attached hydrogens (tertiary/aromatic N) is 4. The lowest BCUT2D eigenvalue weighted by atomic mass is 9.98. The fourth-order valence-corrected chi connectivity index (χ4v) is 4.81. The molecule has 2 fully saturated rings. The van der Waals surface area contributed by atoms with Crippen molar-refractivity contribution < 1.29 is 13.8 Å². The van der Waals surface area contributed by atoms with Gasteiger partial charge in [0.25, 0.3) is 5.56 Å². The van der Waals surface area contributed by atoms with Crippen molar-refractivity contribution in [1.82, 2.24) is 9.55 Å². The molecule has 1 N–H and O–H groups in total. The summed E-state index contributed by atoms with van der Waals surface area (Å²) in [5.74, 6) is 0. The molecule has 1 saturated heterocycles. The van der Waals surface area contributed by atoms with E-state index >= 15 is 0 Å². The van der Waals surface area contributed by atoms with Crippen molar-refractivity contribution in [3.05, 3.63) is 43.0 Å². The molecule has 2 heterocycles. The Balaban J connectivity index is 1.63. The van der Waals surface area contributed by atoms with Crippen LogP contribution in [0.1, 0.15) is 50.3 Å². The minimum Gasteiger partial charge on any atom is -0.352 e. The summed E-state index contributed by atoms with van der Waals surface area (Å²) in [6.07, 6.45) is 6.16. The van der Waals surface area contributed by atoms with Crippen molar-refractivity contribution in [3.8, 4) is 0 Å². The molecule has 1 unspecified atom stereocenters. The molecule has 0 spiro atoms. The molecule has 0 aromatic carbocycles. The molecule has 0 amide bonds. The summed E-state index contributed by atoms with van der Waals surface area (Å²) in [5.41, 5.74) is 8.20. The molecule has 1 aromatic rings. The smallest absolute Gasteiger partial charge is 0.352 e. The highest BCUT2D eigenvalue weighted by atomic mass is 32.4. The Morgan fingerprint density at radius 3 is 2.89 bits per heavy atom. The third kappa shape index (κ3) is 5.26. The Kier molecular flexibility index (Phi) is 7.34. The first-order chi connectivity index (χ1) is 13.5. The largest absolute Gasteiger partial charge is 0.522 e. The van der Waals surface area contributed by atoms with Crippen LogP contribution in [0.4, 0.5) is 0 Å². The summed E-state index contributed by atoms with van der Waals surface area (Å²) in [6, 6.07) is -0.512. The number of aryl methyl sites for hydroxylation is 1. The van der Waals surface area contributed by atoms with Gasteiger partial charge in [-0.1, -0.05) is 24.4 Å². The highest BCUT2D eigenvalue weighted by Crippen LogP contribution is 2.36. The molecule has 0 radical (unpaired) electrons. The van der Waals surface area contributed by atoms with Gasteiger partial charge in [0.2, 0.25) is 11.8 Å². The monoisotopic (exact) mass is 428 g/mol. The minimum atomic E-state index is -1.48. The van der Waals surface area contributed by atoms with Gasteiger partial charge in [-0.25, -0.2) is 4.79 Å². The Bertz CT molecular complexity index is 877. The molecule has 10 nitrogen and oxygen atoms in total. The predicted octanol–water partition coefficient (Wildman–Crippen LogP) is 2.95. The van der Waals surface area contributed by atoms with Gasteiger partial charge in [-0.3, -0.25) is 14.3 Å². The maximum Gasteiger partial charge on any atom is 0.522 e. The van der Waals surface area contributed by atoms with Gasteiger partial charge >= 0.3 is 12.8 Å².